The van der Waals surface area contributed by atoms with E-state index in [-0.39, 0.29) is 18.3 Å². The highest BCUT2D eigenvalue weighted by Crippen LogP contribution is 2.38. The first-order valence-corrected chi connectivity index (χ1v) is 11.7. The van der Waals surface area contributed by atoms with Gasteiger partial charge in [0.25, 0.3) is 0 Å². The maximum atomic E-state index is 13.6. The fourth-order valence-corrected chi connectivity index (χ4v) is 4.85. The Bertz CT molecular complexity index is 1300. The van der Waals surface area contributed by atoms with E-state index >= 15 is 0 Å². The Hall–Kier alpha value is -3.56. The number of thioether (sulfide) groups is 1. The zero-order chi connectivity index (χ0) is 23.5. The Balaban J connectivity index is 1.42. The molecule has 5 rings (SSSR count). The van der Waals surface area contributed by atoms with Crippen LogP contribution in [0.15, 0.2) is 84.0 Å². The summed E-state index contributed by atoms with van der Waals surface area (Å²) in [6.45, 7) is 0.181. The number of benzene rings is 3. The minimum absolute atomic E-state index is 0.181. The molecule has 0 aliphatic carbocycles. The van der Waals surface area contributed by atoms with Crippen LogP contribution in [-0.2, 0) is 11.4 Å². The molecule has 0 saturated carbocycles. The zero-order valence-electron chi connectivity index (χ0n) is 17.7. The van der Waals surface area contributed by atoms with Crippen molar-refractivity contribution in [2.24, 2.45) is 0 Å². The highest BCUT2D eigenvalue weighted by Gasteiger charge is 2.38. The van der Waals surface area contributed by atoms with Crippen molar-refractivity contribution in [3.63, 3.8) is 0 Å². The minimum atomic E-state index is -0.607. The number of nitrogens with one attached hydrogen (secondary N) is 2. The van der Waals surface area contributed by atoms with E-state index < -0.39 is 11.3 Å². The van der Waals surface area contributed by atoms with Gasteiger partial charge in [-0.1, -0.05) is 59.8 Å². The number of carbonyl (C=O) groups is 1. The number of anilines is 1. The number of amides is 1. The van der Waals surface area contributed by atoms with Crippen LogP contribution in [0.1, 0.15) is 17.4 Å². The van der Waals surface area contributed by atoms with Gasteiger partial charge in [0, 0.05) is 10.7 Å². The summed E-state index contributed by atoms with van der Waals surface area (Å²) in [6.07, 6.45) is 0. The third kappa shape index (κ3) is 4.85. The van der Waals surface area contributed by atoms with Crippen molar-refractivity contribution < 1.29 is 13.9 Å². The molecule has 4 aromatic rings. The van der Waals surface area contributed by atoms with Gasteiger partial charge in [-0.15, -0.1) is 10.2 Å². The van der Waals surface area contributed by atoms with Crippen molar-refractivity contribution in [1.82, 2.24) is 14.9 Å². The van der Waals surface area contributed by atoms with Gasteiger partial charge < -0.3 is 15.5 Å². The molecular weight excluding hydrogens is 477 g/mol. The van der Waals surface area contributed by atoms with Gasteiger partial charge in [0.15, 0.2) is 5.82 Å². The monoisotopic (exact) mass is 495 g/mol. The van der Waals surface area contributed by atoms with Crippen LogP contribution >= 0.6 is 23.4 Å². The number of nitrogens with zero attached hydrogens (tertiary/aromatic N) is 3. The zero-order valence-corrected chi connectivity index (χ0v) is 19.3. The predicted octanol–water partition coefficient (Wildman–Crippen LogP) is 5.05. The smallest absolute Gasteiger partial charge is 0.240 e. The number of hydrogen-bond donors (Lipinski definition) is 2. The summed E-state index contributed by atoms with van der Waals surface area (Å²) in [7, 11) is 0. The van der Waals surface area contributed by atoms with E-state index in [1.54, 1.807) is 41.1 Å². The molecule has 2 N–H and O–H groups in total. The Labute approximate surface area is 204 Å². The lowest BCUT2D eigenvalue weighted by molar-refractivity contribution is -0.116. The predicted molar refractivity (Wildman–Crippen MR) is 129 cm³/mol. The first-order chi connectivity index (χ1) is 16.6. The summed E-state index contributed by atoms with van der Waals surface area (Å²) in [6, 6.07) is 21.9. The number of rotatable bonds is 6. The molecule has 172 valence electrons. The van der Waals surface area contributed by atoms with Gasteiger partial charge in [-0.25, -0.2) is 9.07 Å². The highest BCUT2D eigenvalue weighted by atomic mass is 35.5. The number of hydrogen-bond acceptors (Lipinski definition) is 6. The summed E-state index contributed by atoms with van der Waals surface area (Å²) in [5.41, 5.74) is 4.66. The van der Waals surface area contributed by atoms with Gasteiger partial charge in [-0.2, -0.15) is 0 Å². The Morgan fingerprint density at radius 2 is 1.88 bits per heavy atom. The molecule has 0 unspecified atom stereocenters. The van der Waals surface area contributed by atoms with Gasteiger partial charge in [0.1, 0.15) is 23.4 Å². The molecule has 0 bridgehead atoms. The van der Waals surface area contributed by atoms with Gasteiger partial charge >= 0.3 is 0 Å². The standard InChI is InChI=1S/C24H19ClFN5O2S/c25-16-5-4-6-18(13-16)27-23(32)22-21(15-9-11-17(26)12-10-15)30-31-20(28-29-24(31)34-22)14-33-19-7-2-1-3-8-19/h1-13,21-22,30H,14H2,(H,27,32)/t21-,22-/m0/s1. The fourth-order valence-electron chi connectivity index (χ4n) is 3.56. The molecule has 0 saturated heterocycles. The molecule has 7 nitrogen and oxygen atoms in total. The van der Waals surface area contributed by atoms with Crippen molar-refractivity contribution in [3.05, 3.63) is 101 Å². The molecule has 1 aliphatic rings. The average molecular weight is 496 g/mol. The lowest BCUT2D eigenvalue weighted by atomic mass is 10.0. The lowest BCUT2D eigenvalue weighted by Crippen LogP contribution is -2.41. The van der Waals surface area contributed by atoms with Crippen LogP contribution in [0.25, 0.3) is 0 Å². The molecular formula is C24H19ClFN5O2S. The third-order valence-electron chi connectivity index (χ3n) is 5.19. The molecule has 0 radical (unpaired) electrons. The van der Waals surface area contributed by atoms with Crippen molar-refractivity contribution >= 4 is 35.0 Å². The van der Waals surface area contributed by atoms with Crippen LogP contribution < -0.4 is 15.5 Å². The van der Waals surface area contributed by atoms with E-state index in [0.29, 0.717) is 27.4 Å². The Morgan fingerprint density at radius 3 is 2.65 bits per heavy atom. The number of halogens is 2. The van der Waals surface area contributed by atoms with E-state index in [0.717, 1.165) is 5.56 Å². The molecule has 2 atom stereocenters. The highest BCUT2D eigenvalue weighted by molar-refractivity contribution is 8.00. The van der Waals surface area contributed by atoms with Gasteiger partial charge in [0.2, 0.25) is 11.1 Å². The number of carbonyl (C=O) groups excluding carboxylic acids is 1. The largest absolute Gasteiger partial charge is 0.486 e. The second-order valence-corrected chi connectivity index (χ2v) is 9.08. The van der Waals surface area contributed by atoms with Crippen LogP contribution in [0.2, 0.25) is 5.02 Å². The normalized spacial score (nSPS) is 16.9. The van der Waals surface area contributed by atoms with Crippen LogP contribution in [0.5, 0.6) is 5.75 Å². The molecule has 2 heterocycles. The van der Waals surface area contributed by atoms with E-state index in [1.807, 2.05) is 30.3 Å². The quantitative estimate of drug-likeness (QED) is 0.390. The van der Waals surface area contributed by atoms with Gasteiger partial charge in [0.05, 0.1) is 6.04 Å². The summed E-state index contributed by atoms with van der Waals surface area (Å²) >= 11 is 7.33. The molecule has 1 aliphatic heterocycles. The molecule has 0 spiro atoms. The number of aromatic nitrogens is 3. The average Bonchev–Trinajstić information content (AvgIpc) is 3.25. The SMILES string of the molecule is O=C(Nc1cccc(Cl)c1)[C@H]1Sc2nnc(COc3ccccc3)n2N[C@H]1c1ccc(F)cc1. The Kier molecular flexibility index (Phi) is 6.37. The Morgan fingerprint density at radius 1 is 1.09 bits per heavy atom. The maximum Gasteiger partial charge on any atom is 0.240 e. The lowest BCUT2D eigenvalue weighted by Gasteiger charge is -2.33. The van der Waals surface area contributed by atoms with Gasteiger partial charge in [-0.05, 0) is 48.0 Å². The fraction of sp³-hybridized carbons (Fsp3) is 0.125. The molecule has 0 fully saturated rings. The number of fused-ring (bicyclic) bond motifs is 1. The van der Waals surface area contributed by atoms with Crippen LogP contribution in [-0.4, -0.2) is 26.0 Å². The summed E-state index contributed by atoms with van der Waals surface area (Å²) < 4.78 is 21.1. The second kappa shape index (κ2) is 9.74. The van der Waals surface area contributed by atoms with Gasteiger partial charge in [-0.3, -0.25) is 4.79 Å². The molecule has 1 amide bonds. The van der Waals surface area contributed by atoms with Crippen molar-refractivity contribution in [1.29, 1.82) is 0 Å². The third-order valence-corrected chi connectivity index (χ3v) is 6.64. The van der Waals surface area contributed by atoms with Crippen LogP contribution in [0.3, 0.4) is 0 Å². The number of ether oxygens (including phenoxy) is 1. The molecule has 10 heteroatoms. The number of para-hydroxylation sites is 1. The topological polar surface area (TPSA) is 81.1 Å². The molecule has 34 heavy (non-hydrogen) atoms. The van der Waals surface area contributed by atoms with E-state index in [1.165, 1.54) is 23.9 Å². The van der Waals surface area contributed by atoms with Crippen molar-refractivity contribution in [2.45, 2.75) is 23.1 Å². The molecule has 1 aromatic heterocycles. The van der Waals surface area contributed by atoms with E-state index in [2.05, 4.69) is 20.9 Å². The van der Waals surface area contributed by atoms with Crippen LogP contribution in [0, 0.1) is 5.82 Å². The second-order valence-electron chi connectivity index (χ2n) is 7.53. The summed E-state index contributed by atoms with van der Waals surface area (Å²) in [5.74, 6) is 0.656. The van der Waals surface area contributed by atoms with E-state index in [4.69, 9.17) is 16.3 Å². The van der Waals surface area contributed by atoms with Crippen LogP contribution in [0.4, 0.5) is 10.1 Å². The maximum absolute atomic E-state index is 13.6. The minimum Gasteiger partial charge on any atom is -0.486 e. The molecule has 3 aromatic carbocycles. The summed E-state index contributed by atoms with van der Waals surface area (Å²) in [4.78, 5) is 13.3. The first kappa shape index (κ1) is 22.2. The first-order valence-electron chi connectivity index (χ1n) is 10.4. The summed E-state index contributed by atoms with van der Waals surface area (Å²) in [5, 5.41) is 11.8. The van der Waals surface area contributed by atoms with Crippen molar-refractivity contribution in [2.75, 3.05) is 10.7 Å². The van der Waals surface area contributed by atoms with Crippen molar-refractivity contribution in [3.8, 4) is 5.75 Å². The van der Waals surface area contributed by atoms with E-state index in [9.17, 15) is 9.18 Å².